The number of alkyl halides is 3. The highest BCUT2D eigenvalue weighted by atomic mass is 28.4. The maximum atomic E-state index is 13.2. The number of carbonyl (C=O) groups is 2. The Morgan fingerprint density at radius 1 is 1.24 bits per heavy atom. The van der Waals surface area contributed by atoms with Crippen LogP contribution >= 0.6 is 0 Å². The molecule has 242 valence electrons. The van der Waals surface area contributed by atoms with Crippen molar-refractivity contribution in [2.45, 2.75) is 69.9 Å². The van der Waals surface area contributed by atoms with Gasteiger partial charge in [0.25, 0.3) is 5.91 Å². The molecule has 3 atom stereocenters. The summed E-state index contributed by atoms with van der Waals surface area (Å²) in [6, 6.07) is 8.03. The molecule has 0 spiro atoms. The van der Waals surface area contributed by atoms with E-state index in [9.17, 15) is 27.6 Å². The van der Waals surface area contributed by atoms with Crippen molar-refractivity contribution >= 4 is 25.9 Å². The summed E-state index contributed by atoms with van der Waals surface area (Å²) in [4.78, 5) is 43.8. The maximum absolute atomic E-state index is 13.2. The monoisotopic (exact) mass is 649 g/mol. The third-order valence-electron chi connectivity index (χ3n) is 7.35. The van der Waals surface area contributed by atoms with Gasteiger partial charge in [0.2, 0.25) is 0 Å². The molecular formula is C28H34F3N7O6Si. The molecule has 17 heteroatoms. The maximum Gasteiger partial charge on any atom is 0.471 e. The van der Waals surface area contributed by atoms with Crippen molar-refractivity contribution in [2.75, 3.05) is 25.2 Å². The molecule has 13 nitrogen and oxygen atoms in total. The molecule has 0 bridgehead atoms. The molecule has 0 radical (unpaired) electrons. The first-order valence-electron chi connectivity index (χ1n) is 13.8. The summed E-state index contributed by atoms with van der Waals surface area (Å²) in [6.07, 6.45) is -5.96. The topological polar surface area (TPSA) is 170 Å². The second-order valence-electron chi connectivity index (χ2n) is 11.5. The van der Waals surface area contributed by atoms with E-state index in [1.54, 1.807) is 23.5 Å². The van der Waals surface area contributed by atoms with E-state index in [1.165, 1.54) is 18.3 Å². The molecule has 0 unspecified atom stereocenters. The Morgan fingerprint density at radius 2 is 1.93 bits per heavy atom. The van der Waals surface area contributed by atoms with Gasteiger partial charge in [-0.15, -0.1) is 0 Å². The van der Waals surface area contributed by atoms with Crippen molar-refractivity contribution in [3.05, 3.63) is 68.6 Å². The molecule has 1 aromatic carbocycles. The van der Waals surface area contributed by atoms with Crippen LogP contribution in [0.3, 0.4) is 0 Å². The molecule has 2 N–H and O–H groups in total. The van der Waals surface area contributed by atoms with Crippen molar-refractivity contribution in [3.63, 3.8) is 0 Å². The number of carbonyl (C=O) groups excluding carboxylic acids is 2. The lowest BCUT2D eigenvalue weighted by Crippen LogP contribution is -2.44. The predicted molar refractivity (Wildman–Crippen MR) is 159 cm³/mol. The highest BCUT2D eigenvalue weighted by Crippen LogP contribution is 2.38. The van der Waals surface area contributed by atoms with Gasteiger partial charge in [-0.05, 0) is 35.8 Å². The number of azide groups is 1. The summed E-state index contributed by atoms with van der Waals surface area (Å²) in [7, 11) is -2.21. The number of ether oxygens (including phenoxy) is 2. The smallest absolute Gasteiger partial charge is 0.414 e. The highest BCUT2D eigenvalue weighted by molar-refractivity contribution is 6.74. The molecule has 0 saturated carbocycles. The fourth-order valence-electron chi connectivity index (χ4n) is 3.85. The van der Waals surface area contributed by atoms with Crippen LogP contribution in [0.5, 0.6) is 0 Å². The van der Waals surface area contributed by atoms with E-state index >= 15 is 0 Å². The Bertz CT molecular complexity index is 1540. The predicted octanol–water partition coefficient (Wildman–Crippen LogP) is 4.49. The van der Waals surface area contributed by atoms with Gasteiger partial charge in [0, 0.05) is 23.1 Å². The number of amides is 2. The molecule has 2 heterocycles. The van der Waals surface area contributed by atoms with Crippen molar-refractivity contribution in [1.29, 1.82) is 0 Å². The summed E-state index contributed by atoms with van der Waals surface area (Å²) in [6.45, 7) is 9.53. The number of hydrogen-bond donors (Lipinski definition) is 2. The summed E-state index contributed by atoms with van der Waals surface area (Å²) < 4.78 is 57.0. The van der Waals surface area contributed by atoms with Crippen LogP contribution in [0, 0.1) is 11.8 Å². The lowest BCUT2D eigenvalue weighted by molar-refractivity contribution is -0.173. The van der Waals surface area contributed by atoms with Crippen molar-refractivity contribution in [3.8, 4) is 11.8 Å². The Morgan fingerprint density at radius 3 is 2.56 bits per heavy atom. The van der Waals surface area contributed by atoms with Gasteiger partial charge in [-0.3, -0.25) is 14.2 Å². The van der Waals surface area contributed by atoms with Crippen LogP contribution in [0.4, 0.5) is 19.0 Å². The molecule has 1 saturated heterocycles. The fourth-order valence-corrected chi connectivity index (χ4v) is 4.87. The first-order valence-corrected chi connectivity index (χ1v) is 16.7. The Kier molecular flexibility index (Phi) is 11.5. The number of anilines is 1. The third-order valence-corrected chi connectivity index (χ3v) is 11.9. The van der Waals surface area contributed by atoms with E-state index in [-0.39, 0.29) is 41.7 Å². The largest absolute Gasteiger partial charge is 0.471 e. The zero-order valence-corrected chi connectivity index (χ0v) is 26.3. The zero-order chi connectivity index (χ0) is 33.4. The van der Waals surface area contributed by atoms with E-state index in [4.69, 9.17) is 19.4 Å². The van der Waals surface area contributed by atoms with E-state index in [2.05, 4.69) is 66.0 Å². The number of aromatic nitrogens is 2. The summed E-state index contributed by atoms with van der Waals surface area (Å²) in [5, 5.41) is 7.45. The van der Waals surface area contributed by atoms with Crippen LogP contribution in [0.1, 0.15) is 49.3 Å². The number of halogens is 3. The van der Waals surface area contributed by atoms with Gasteiger partial charge >= 0.3 is 17.8 Å². The normalized spacial score (nSPS) is 18.4. The quantitative estimate of drug-likeness (QED) is 0.126. The zero-order valence-electron chi connectivity index (χ0n) is 25.3. The SMILES string of the molecule is CC(C)(C)[Si](C)(C)OC[C@H]1O[C@@H](n2cc(C#CCNC(=O)C(F)(F)F)c(NC(=O)c3ccccc3)nc2=O)C[C@@H]1OCN=[N+]=[N-]. The molecule has 0 aliphatic carbocycles. The summed E-state index contributed by atoms with van der Waals surface area (Å²) in [5.74, 6) is 1.92. The van der Waals surface area contributed by atoms with E-state index < -0.39 is 57.0 Å². The standard InChI is InChI=1S/C28H34F3N7O6Si/c1-27(2,3)45(4,5)43-16-21-20(42-17-34-37-32)14-22(44-21)38-15-19(12-9-13-33-25(40)28(29,30)31)23(36-26(38)41)35-24(39)18-10-7-6-8-11-18/h6-8,10-11,15,20-22H,13-14,16-17H2,1-5H3,(H,33,40)(H,35,36,39,41)/t20-,21+,22+/m0/s1. The van der Waals surface area contributed by atoms with Crippen molar-refractivity contribution in [1.82, 2.24) is 14.9 Å². The molecule has 45 heavy (non-hydrogen) atoms. The van der Waals surface area contributed by atoms with Crippen LogP contribution < -0.4 is 16.3 Å². The van der Waals surface area contributed by atoms with Gasteiger partial charge in [0.15, 0.2) is 14.1 Å². The first kappa shape index (κ1) is 35.3. The van der Waals surface area contributed by atoms with Crippen LogP contribution in [0.15, 0.2) is 46.4 Å². The number of hydrogen-bond acceptors (Lipinski definition) is 8. The second-order valence-corrected chi connectivity index (χ2v) is 16.3. The Balaban J connectivity index is 1.93. The number of benzene rings is 1. The third kappa shape index (κ3) is 9.64. The molecule has 1 aromatic heterocycles. The van der Waals surface area contributed by atoms with Crippen LogP contribution in [0.25, 0.3) is 10.4 Å². The second kappa shape index (κ2) is 14.7. The minimum absolute atomic E-state index is 0.0312. The van der Waals surface area contributed by atoms with Gasteiger partial charge in [-0.1, -0.05) is 55.9 Å². The fraction of sp³-hybridized carbons (Fsp3) is 0.500. The molecule has 1 aliphatic heterocycles. The van der Waals surface area contributed by atoms with E-state index in [1.807, 2.05) is 0 Å². The summed E-state index contributed by atoms with van der Waals surface area (Å²) in [5.41, 5.74) is 8.08. The van der Waals surface area contributed by atoms with Gasteiger partial charge in [0.05, 0.1) is 24.8 Å². The first-order chi connectivity index (χ1) is 21.0. The molecule has 3 rings (SSSR count). The van der Waals surface area contributed by atoms with Gasteiger partial charge in [0.1, 0.15) is 19.1 Å². The van der Waals surface area contributed by atoms with E-state index in [0.29, 0.717) is 0 Å². The van der Waals surface area contributed by atoms with Gasteiger partial charge in [-0.25, -0.2) is 4.79 Å². The van der Waals surface area contributed by atoms with Gasteiger partial charge < -0.3 is 24.5 Å². The van der Waals surface area contributed by atoms with Crippen LogP contribution in [-0.2, 0) is 18.7 Å². The summed E-state index contributed by atoms with van der Waals surface area (Å²) >= 11 is 0. The van der Waals surface area contributed by atoms with Crippen LogP contribution in [0.2, 0.25) is 18.1 Å². The molecular weight excluding hydrogens is 615 g/mol. The van der Waals surface area contributed by atoms with Crippen molar-refractivity contribution in [2.24, 2.45) is 5.11 Å². The van der Waals surface area contributed by atoms with Crippen LogP contribution in [-0.4, -0.2) is 67.9 Å². The van der Waals surface area contributed by atoms with Crippen molar-refractivity contribution < 1.29 is 36.7 Å². The van der Waals surface area contributed by atoms with Gasteiger partial charge in [-0.2, -0.15) is 18.2 Å². The number of nitrogens with zero attached hydrogens (tertiary/aromatic N) is 5. The minimum atomic E-state index is -5.09. The molecule has 1 aliphatic rings. The minimum Gasteiger partial charge on any atom is -0.414 e. The Labute approximate surface area is 258 Å². The molecule has 2 aromatic rings. The average Bonchev–Trinajstić information content (AvgIpc) is 3.37. The lowest BCUT2D eigenvalue weighted by Gasteiger charge is -2.37. The Hall–Kier alpha value is -4.20. The molecule has 1 fully saturated rings. The number of nitrogens with one attached hydrogen (secondary N) is 2. The number of rotatable bonds is 10. The lowest BCUT2D eigenvalue weighted by atomic mass is 10.2. The average molecular weight is 650 g/mol. The van der Waals surface area contributed by atoms with E-state index in [0.717, 1.165) is 4.57 Å². The highest BCUT2D eigenvalue weighted by Gasteiger charge is 2.42. The molecule has 2 amide bonds.